The van der Waals surface area contributed by atoms with Crippen molar-refractivity contribution < 1.29 is 9.22 Å². The lowest BCUT2D eigenvalue weighted by Crippen LogP contribution is -2.46. The van der Waals surface area contributed by atoms with Gasteiger partial charge in [-0.25, -0.2) is 0 Å². The lowest BCUT2D eigenvalue weighted by atomic mass is 10.1. The quantitative estimate of drug-likeness (QED) is 0.417. The van der Waals surface area contributed by atoms with E-state index in [9.17, 15) is 4.79 Å². The van der Waals surface area contributed by atoms with Crippen LogP contribution in [0.4, 0.5) is 0 Å². The molecule has 0 saturated heterocycles. The topological polar surface area (TPSA) is 26.3 Å². The van der Waals surface area contributed by atoms with Gasteiger partial charge in [0.1, 0.15) is 5.78 Å². The van der Waals surface area contributed by atoms with E-state index in [-0.39, 0.29) is 0 Å². The molecule has 0 spiro atoms. The largest absolute Gasteiger partial charge is 0.548 e. The van der Waals surface area contributed by atoms with Crippen LogP contribution in [0.1, 0.15) is 67.2 Å². The molecule has 0 radical (unpaired) electrons. The maximum absolute atomic E-state index is 11.6. The molecule has 2 nitrogen and oxygen atoms in total. The third kappa shape index (κ3) is 4.21. The molecule has 0 unspecified atom stereocenters. The minimum Gasteiger partial charge on any atom is -0.548 e. The van der Waals surface area contributed by atoms with E-state index >= 15 is 0 Å². The van der Waals surface area contributed by atoms with Gasteiger partial charge in [-0.3, -0.25) is 4.79 Å². The molecule has 116 valence electrons. The number of hydrogen-bond donors (Lipinski definition) is 0. The maximum Gasteiger partial charge on any atom is 0.257 e. The zero-order valence-corrected chi connectivity index (χ0v) is 15.1. The molecule has 1 fully saturated rings. The Bertz CT molecular complexity index is 319. The fourth-order valence-corrected chi connectivity index (χ4v) is 8.63. The van der Waals surface area contributed by atoms with Crippen molar-refractivity contribution in [1.82, 2.24) is 0 Å². The maximum atomic E-state index is 11.6. The monoisotopic (exact) mass is 296 g/mol. The summed E-state index contributed by atoms with van der Waals surface area (Å²) in [5.74, 6) is 0.828. The van der Waals surface area contributed by atoms with Crippen molar-refractivity contribution in [3.05, 3.63) is 12.3 Å². The van der Waals surface area contributed by atoms with Crippen molar-refractivity contribution in [3.63, 3.8) is 0 Å². The second-order valence-corrected chi connectivity index (χ2v) is 12.5. The summed E-state index contributed by atoms with van der Waals surface area (Å²) in [6.07, 6.45) is 7.69. The van der Waals surface area contributed by atoms with Crippen molar-refractivity contribution >= 4 is 14.1 Å². The molecular weight excluding hydrogens is 264 g/mol. The molecule has 0 aromatic heterocycles. The van der Waals surface area contributed by atoms with Crippen molar-refractivity contribution in [2.45, 2.75) is 83.8 Å². The Morgan fingerprint density at radius 3 is 2.00 bits per heavy atom. The van der Waals surface area contributed by atoms with Crippen molar-refractivity contribution in [2.24, 2.45) is 5.92 Å². The zero-order chi connectivity index (χ0) is 15.3. The van der Waals surface area contributed by atoms with Crippen molar-refractivity contribution in [3.8, 4) is 0 Å². The lowest BCUT2D eigenvalue weighted by molar-refractivity contribution is -0.120. The second-order valence-electron chi connectivity index (χ2n) is 7.09. The van der Waals surface area contributed by atoms with E-state index in [0.29, 0.717) is 34.7 Å². The molecule has 1 saturated carbocycles. The van der Waals surface area contributed by atoms with E-state index in [4.69, 9.17) is 4.43 Å². The predicted octanol–water partition coefficient (Wildman–Crippen LogP) is 5.45. The van der Waals surface area contributed by atoms with E-state index < -0.39 is 8.32 Å². The lowest BCUT2D eigenvalue weighted by Gasteiger charge is -2.41. The van der Waals surface area contributed by atoms with Crippen LogP contribution in [0.25, 0.3) is 0 Å². The van der Waals surface area contributed by atoms with E-state index in [1.54, 1.807) is 0 Å². The molecule has 1 aliphatic rings. The van der Waals surface area contributed by atoms with Gasteiger partial charge in [-0.2, -0.15) is 0 Å². The first-order valence-electron chi connectivity index (χ1n) is 8.17. The number of Topliss-reactive ketones (excluding diaryl/α,β-unsaturated/α-hetero) is 1. The number of rotatable bonds is 9. The van der Waals surface area contributed by atoms with E-state index in [2.05, 4.69) is 47.6 Å². The van der Waals surface area contributed by atoms with Crippen LogP contribution in [0.2, 0.25) is 16.6 Å². The summed E-state index contributed by atoms with van der Waals surface area (Å²) in [7, 11) is -1.79. The summed E-state index contributed by atoms with van der Waals surface area (Å²) >= 11 is 0. The molecule has 0 heterocycles. The Labute approximate surface area is 126 Å². The summed E-state index contributed by atoms with van der Waals surface area (Å²) in [4.78, 5) is 11.6. The van der Waals surface area contributed by atoms with Gasteiger partial charge >= 0.3 is 0 Å². The number of carbonyl (C=O) groups excluding carboxylic acids is 1. The molecule has 0 bridgehead atoms. The van der Waals surface area contributed by atoms with Crippen LogP contribution >= 0.6 is 0 Å². The molecular formula is C17H32O2Si. The van der Waals surface area contributed by atoms with Crippen LogP contribution in [0.5, 0.6) is 0 Å². The average Bonchev–Trinajstić information content (AvgIpc) is 3.15. The highest BCUT2D eigenvalue weighted by atomic mass is 28.4. The van der Waals surface area contributed by atoms with Crippen molar-refractivity contribution in [1.29, 1.82) is 0 Å². The molecule has 1 aliphatic carbocycles. The van der Waals surface area contributed by atoms with Gasteiger partial charge in [0.25, 0.3) is 8.32 Å². The molecule has 0 N–H and O–H groups in total. The minimum absolute atomic E-state index is 0.389. The Kier molecular flexibility index (Phi) is 6.50. The second kappa shape index (κ2) is 7.44. The molecule has 0 amide bonds. The third-order valence-corrected chi connectivity index (χ3v) is 10.6. The first-order valence-corrected chi connectivity index (χ1v) is 10.3. The fourth-order valence-electron chi connectivity index (χ4n) is 3.48. The van der Waals surface area contributed by atoms with Crippen LogP contribution in [-0.4, -0.2) is 14.1 Å². The molecule has 3 heteroatoms. The summed E-state index contributed by atoms with van der Waals surface area (Å²) in [6.45, 7) is 13.7. The van der Waals surface area contributed by atoms with Gasteiger partial charge in [0.05, 0.1) is 6.26 Å². The predicted molar refractivity (Wildman–Crippen MR) is 88.2 cm³/mol. The molecule has 0 atom stereocenters. The Balaban J connectivity index is 2.50. The highest BCUT2D eigenvalue weighted by Crippen LogP contribution is 2.42. The number of hydrogen-bond acceptors (Lipinski definition) is 2. The smallest absolute Gasteiger partial charge is 0.257 e. The zero-order valence-electron chi connectivity index (χ0n) is 14.1. The SMILES string of the molecule is CC(C)[Si](O/C=C/CCC(=O)C1CC1)(C(C)C)C(C)C. The van der Waals surface area contributed by atoms with Crippen LogP contribution in [-0.2, 0) is 9.22 Å². The van der Waals surface area contributed by atoms with Crippen LogP contribution in [0.3, 0.4) is 0 Å². The van der Waals surface area contributed by atoms with Gasteiger partial charge in [-0.05, 0) is 35.9 Å². The number of ketones is 1. The van der Waals surface area contributed by atoms with Gasteiger partial charge in [0.15, 0.2) is 0 Å². The number of carbonyl (C=O) groups is 1. The fraction of sp³-hybridized carbons (Fsp3) is 0.824. The van der Waals surface area contributed by atoms with Crippen molar-refractivity contribution in [2.75, 3.05) is 0 Å². The third-order valence-electron chi connectivity index (χ3n) is 4.67. The summed E-state index contributed by atoms with van der Waals surface area (Å²) < 4.78 is 6.32. The van der Waals surface area contributed by atoms with Gasteiger partial charge < -0.3 is 4.43 Å². The van der Waals surface area contributed by atoms with Crippen LogP contribution in [0, 0.1) is 5.92 Å². The van der Waals surface area contributed by atoms with Gasteiger partial charge in [-0.1, -0.05) is 47.6 Å². The summed E-state index contributed by atoms with van der Waals surface area (Å²) in [6, 6.07) is 0. The molecule has 0 aromatic rings. The molecule has 0 aliphatic heterocycles. The Hall–Kier alpha value is -0.573. The molecule has 1 rings (SSSR count). The van der Waals surface area contributed by atoms with Gasteiger partial charge in [0.2, 0.25) is 0 Å². The number of allylic oxidation sites excluding steroid dienone is 1. The van der Waals surface area contributed by atoms with Crippen LogP contribution < -0.4 is 0 Å². The highest BCUT2D eigenvalue weighted by Gasteiger charge is 2.46. The van der Waals surface area contributed by atoms with E-state index in [0.717, 1.165) is 19.3 Å². The highest BCUT2D eigenvalue weighted by molar-refractivity contribution is 6.77. The molecule has 0 aromatic carbocycles. The summed E-state index contributed by atoms with van der Waals surface area (Å²) in [5, 5.41) is 0. The normalized spacial score (nSPS) is 16.6. The van der Waals surface area contributed by atoms with Crippen LogP contribution in [0.15, 0.2) is 12.3 Å². The minimum atomic E-state index is -1.79. The molecule has 20 heavy (non-hydrogen) atoms. The summed E-state index contributed by atoms with van der Waals surface area (Å²) in [5.41, 5.74) is 1.79. The van der Waals surface area contributed by atoms with Gasteiger partial charge in [0, 0.05) is 12.3 Å². The first-order chi connectivity index (χ1) is 9.32. The standard InChI is InChI=1S/C17H32O2Si/c1-13(2)20(14(3)4,15(5)6)19-12-8-7-9-17(18)16-10-11-16/h8,12-16H,7,9-11H2,1-6H3/b12-8+. The average molecular weight is 297 g/mol. The Morgan fingerprint density at radius 2 is 1.60 bits per heavy atom. The Morgan fingerprint density at radius 1 is 1.10 bits per heavy atom. The van der Waals surface area contributed by atoms with Gasteiger partial charge in [-0.15, -0.1) is 0 Å². The first kappa shape index (κ1) is 17.5. The van der Waals surface area contributed by atoms with E-state index in [1.807, 2.05) is 6.26 Å². The van der Waals surface area contributed by atoms with E-state index in [1.165, 1.54) is 0 Å².